The van der Waals surface area contributed by atoms with Crippen molar-refractivity contribution in [2.75, 3.05) is 13.6 Å². The molecule has 1 aliphatic rings. The number of hydrogen-bond acceptors (Lipinski definition) is 2. The van der Waals surface area contributed by atoms with E-state index in [2.05, 4.69) is 100 Å². The van der Waals surface area contributed by atoms with Crippen LogP contribution >= 0.6 is 0 Å². The Morgan fingerprint density at radius 1 is 1.00 bits per heavy atom. The second kappa shape index (κ2) is 8.74. The highest BCUT2D eigenvalue weighted by Crippen LogP contribution is 2.41. The van der Waals surface area contributed by atoms with Crippen LogP contribution in [0.5, 0.6) is 0 Å². The summed E-state index contributed by atoms with van der Waals surface area (Å²) in [6, 6.07) is 17.6. The Hall–Kier alpha value is -3.00. The van der Waals surface area contributed by atoms with Gasteiger partial charge in [0.25, 0.3) is 0 Å². The monoisotopic (exact) mass is 437 g/mol. The highest BCUT2D eigenvalue weighted by molar-refractivity contribution is 6.16. The number of fused-ring (bicyclic) bond motifs is 7. The molecule has 1 aromatic heterocycles. The molecule has 2 nitrogen and oxygen atoms in total. The molecule has 3 aromatic carbocycles. The lowest BCUT2D eigenvalue weighted by atomic mass is 9.88. The zero-order valence-corrected chi connectivity index (χ0v) is 20.6. The van der Waals surface area contributed by atoms with Crippen molar-refractivity contribution < 1.29 is 4.42 Å². The van der Waals surface area contributed by atoms with Gasteiger partial charge in [0, 0.05) is 41.0 Å². The number of benzene rings is 3. The van der Waals surface area contributed by atoms with Crippen LogP contribution in [0.3, 0.4) is 0 Å². The topological polar surface area (TPSA) is 16.4 Å². The van der Waals surface area contributed by atoms with E-state index in [1.165, 1.54) is 50.4 Å². The van der Waals surface area contributed by atoms with E-state index in [1.54, 1.807) is 0 Å². The number of nitrogens with zero attached hydrogens (tertiary/aromatic N) is 1. The molecule has 33 heavy (non-hydrogen) atoms. The summed E-state index contributed by atoms with van der Waals surface area (Å²) >= 11 is 0. The molecule has 0 saturated heterocycles. The molecule has 0 saturated carbocycles. The number of furan rings is 1. The fraction of sp³-hybridized carbons (Fsp3) is 0.355. The predicted molar refractivity (Wildman–Crippen MR) is 143 cm³/mol. The largest absolute Gasteiger partial charge is 0.455 e. The van der Waals surface area contributed by atoms with Crippen molar-refractivity contribution >= 4 is 38.4 Å². The first-order valence-electron chi connectivity index (χ1n) is 12.5. The minimum Gasteiger partial charge on any atom is -0.455 e. The fourth-order valence-electron chi connectivity index (χ4n) is 5.56. The Balaban J connectivity index is 1.79. The normalized spacial score (nSPS) is 21.0. The van der Waals surface area contributed by atoms with E-state index < -0.39 is 0 Å². The number of allylic oxidation sites excluding steroid dienone is 2. The smallest absolute Gasteiger partial charge is 0.145 e. The van der Waals surface area contributed by atoms with Gasteiger partial charge in [-0.25, -0.2) is 0 Å². The van der Waals surface area contributed by atoms with Gasteiger partial charge >= 0.3 is 0 Å². The van der Waals surface area contributed by atoms with Crippen molar-refractivity contribution in [2.45, 2.75) is 47.0 Å². The maximum absolute atomic E-state index is 6.76. The molecule has 4 aromatic rings. The summed E-state index contributed by atoms with van der Waals surface area (Å²) in [4.78, 5) is 2.45. The molecule has 2 heteroatoms. The van der Waals surface area contributed by atoms with Gasteiger partial charge in [0.2, 0.25) is 0 Å². The molecule has 0 amide bonds. The van der Waals surface area contributed by atoms with Gasteiger partial charge in [-0.3, -0.25) is 0 Å². The summed E-state index contributed by atoms with van der Waals surface area (Å²) in [6.07, 6.45) is 8.12. The van der Waals surface area contributed by atoms with Gasteiger partial charge in [-0.1, -0.05) is 87.4 Å². The third-order valence-electron chi connectivity index (χ3n) is 7.74. The van der Waals surface area contributed by atoms with Gasteiger partial charge in [-0.15, -0.1) is 0 Å². The standard InChI is InChI=1S/C31H35NO/c1-6-20(4)24-18-21(7-2)17-23-14-16-27-26-15-13-22-11-9-10-12-25(22)30(26)33-31(27)29(23)28(8-3)32(5)19-24/h8-16,18,20,24H,6-7,17,19H2,1-5H3/b21-18-,28-8-. The quantitative estimate of drug-likeness (QED) is 0.298. The van der Waals surface area contributed by atoms with Gasteiger partial charge in [-0.05, 0) is 48.6 Å². The molecule has 0 bridgehead atoms. The fourth-order valence-corrected chi connectivity index (χ4v) is 5.56. The maximum atomic E-state index is 6.76. The van der Waals surface area contributed by atoms with Crippen molar-refractivity contribution in [3.05, 3.63) is 77.4 Å². The minimum atomic E-state index is 0.550. The molecule has 1 aliphatic heterocycles. The SMILES string of the molecule is C/C=C1/c2c(ccc3c2oc2c4ccccc4ccc32)C/C(CC)=C\C(C(C)CC)CN1C. The Morgan fingerprint density at radius 3 is 2.52 bits per heavy atom. The van der Waals surface area contributed by atoms with Crippen molar-refractivity contribution in [3.63, 3.8) is 0 Å². The van der Waals surface area contributed by atoms with Crippen LogP contribution in [0, 0.1) is 11.8 Å². The number of hydrogen-bond donors (Lipinski definition) is 0. The summed E-state index contributed by atoms with van der Waals surface area (Å²) in [5.74, 6) is 1.21. The van der Waals surface area contributed by atoms with E-state index in [-0.39, 0.29) is 0 Å². The lowest BCUT2D eigenvalue weighted by Crippen LogP contribution is -2.27. The lowest BCUT2D eigenvalue weighted by molar-refractivity contribution is 0.325. The van der Waals surface area contributed by atoms with Crippen LogP contribution in [0.1, 0.15) is 51.7 Å². The van der Waals surface area contributed by atoms with Crippen LogP contribution in [0.2, 0.25) is 0 Å². The highest BCUT2D eigenvalue weighted by atomic mass is 16.3. The van der Waals surface area contributed by atoms with Crippen molar-refractivity contribution in [1.29, 1.82) is 0 Å². The van der Waals surface area contributed by atoms with E-state index in [0.717, 1.165) is 30.6 Å². The van der Waals surface area contributed by atoms with Gasteiger partial charge in [0.1, 0.15) is 11.2 Å². The van der Waals surface area contributed by atoms with Gasteiger partial charge in [0.15, 0.2) is 0 Å². The average molecular weight is 438 g/mol. The third-order valence-corrected chi connectivity index (χ3v) is 7.74. The first-order valence-corrected chi connectivity index (χ1v) is 12.5. The second-order valence-corrected chi connectivity index (χ2v) is 9.70. The molecule has 2 unspecified atom stereocenters. The molecule has 2 heterocycles. The summed E-state index contributed by atoms with van der Waals surface area (Å²) in [5, 5.41) is 4.82. The predicted octanol–water partition coefficient (Wildman–Crippen LogP) is 8.59. The molecule has 0 fully saturated rings. The average Bonchev–Trinajstić information content (AvgIpc) is 3.24. The van der Waals surface area contributed by atoms with Crippen LogP contribution in [0.15, 0.2) is 70.7 Å². The van der Waals surface area contributed by atoms with Crippen LogP contribution in [0.25, 0.3) is 38.4 Å². The molecular weight excluding hydrogens is 402 g/mol. The van der Waals surface area contributed by atoms with E-state index in [4.69, 9.17) is 4.42 Å². The highest BCUT2D eigenvalue weighted by Gasteiger charge is 2.25. The summed E-state index contributed by atoms with van der Waals surface area (Å²) in [7, 11) is 2.25. The Bertz CT molecular complexity index is 1390. The molecular formula is C31H35NO. The molecule has 0 radical (unpaired) electrons. The van der Waals surface area contributed by atoms with E-state index in [0.29, 0.717) is 11.8 Å². The van der Waals surface area contributed by atoms with Crippen LogP contribution in [-0.2, 0) is 6.42 Å². The van der Waals surface area contributed by atoms with Gasteiger partial charge in [-0.2, -0.15) is 0 Å². The molecule has 2 atom stereocenters. The van der Waals surface area contributed by atoms with E-state index in [1.807, 2.05) is 0 Å². The maximum Gasteiger partial charge on any atom is 0.145 e. The van der Waals surface area contributed by atoms with E-state index >= 15 is 0 Å². The van der Waals surface area contributed by atoms with E-state index in [9.17, 15) is 0 Å². The Labute approximate surface area is 197 Å². The van der Waals surface area contributed by atoms with Crippen LogP contribution in [0.4, 0.5) is 0 Å². The van der Waals surface area contributed by atoms with Crippen molar-refractivity contribution in [1.82, 2.24) is 4.90 Å². The van der Waals surface area contributed by atoms with Gasteiger partial charge in [0.05, 0.1) is 0 Å². The van der Waals surface area contributed by atoms with Crippen LogP contribution < -0.4 is 0 Å². The van der Waals surface area contributed by atoms with Crippen LogP contribution in [-0.4, -0.2) is 18.5 Å². The molecule has 5 rings (SSSR count). The number of rotatable bonds is 3. The Kier molecular flexibility index (Phi) is 5.78. The summed E-state index contributed by atoms with van der Waals surface area (Å²) in [6.45, 7) is 10.2. The molecule has 170 valence electrons. The lowest BCUT2D eigenvalue weighted by Gasteiger charge is -2.29. The second-order valence-electron chi connectivity index (χ2n) is 9.70. The molecule has 0 N–H and O–H groups in total. The Morgan fingerprint density at radius 2 is 1.76 bits per heavy atom. The summed E-state index contributed by atoms with van der Waals surface area (Å²) in [5.41, 5.74) is 7.46. The third kappa shape index (κ3) is 3.66. The first kappa shape index (κ1) is 21.8. The molecule has 0 aliphatic carbocycles. The zero-order chi connectivity index (χ0) is 23.1. The van der Waals surface area contributed by atoms with Crippen molar-refractivity contribution in [2.24, 2.45) is 11.8 Å². The molecule has 0 spiro atoms. The summed E-state index contributed by atoms with van der Waals surface area (Å²) < 4.78 is 6.76. The first-order chi connectivity index (χ1) is 16.0. The zero-order valence-electron chi connectivity index (χ0n) is 20.6. The van der Waals surface area contributed by atoms with Crippen molar-refractivity contribution in [3.8, 4) is 0 Å². The van der Waals surface area contributed by atoms with Gasteiger partial charge < -0.3 is 9.32 Å². The minimum absolute atomic E-state index is 0.550.